The van der Waals surface area contributed by atoms with Gasteiger partial charge in [-0.05, 0) is 52.6 Å². The zero-order valence-corrected chi connectivity index (χ0v) is 17.7. The maximum absolute atomic E-state index is 13.2. The first-order chi connectivity index (χ1) is 14.6. The van der Waals surface area contributed by atoms with Gasteiger partial charge in [0.2, 0.25) is 0 Å². The molecule has 7 heteroatoms. The van der Waals surface area contributed by atoms with Crippen LogP contribution in [0.4, 0.5) is 10.1 Å². The van der Waals surface area contributed by atoms with Crippen LogP contribution in [0.5, 0.6) is 0 Å². The van der Waals surface area contributed by atoms with E-state index in [0.29, 0.717) is 5.92 Å². The molecule has 3 aromatic rings. The third-order valence-electron chi connectivity index (χ3n) is 5.81. The van der Waals surface area contributed by atoms with Crippen LogP contribution in [0.15, 0.2) is 54.6 Å². The van der Waals surface area contributed by atoms with Crippen molar-refractivity contribution < 1.29 is 4.39 Å². The molecule has 0 saturated carbocycles. The molecule has 0 bridgehead atoms. The first-order valence-corrected chi connectivity index (χ1v) is 10.7. The highest BCUT2D eigenvalue weighted by atomic mass is 19.1. The van der Waals surface area contributed by atoms with Crippen molar-refractivity contribution in [1.82, 2.24) is 25.1 Å². The quantitative estimate of drug-likeness (QED) is 0.598. The van der Waals surface area contributed by atoms with E-state index < -0.39 is 0 Å². The third kappa shape index (κ3) is 4.67. The second kappa shape index (κ2) is 9.34. The van der Waals surface area contributed by atoms with Crippen molar-refractivity contribution in [3.8, 4) is 0 Å². The first-order valence-electron chi connectivity index (χ1n) is 10.7. The summed E-state index contributed by atoms with van der Waals surface area (Å²) in [4.78, 5) is 4.79. The van der Waals surface area contributed by atoms with Gasteiger partial charge in [-0.3, -0.25) is 4.90 Å². The van der Waals surface area contributed by atoms with Crippen LogP contribution in [0.2, 0.25) is 0 Å². The van der Waals surface area contributed by atoms with Gasteiger partial charge in [-0.1, -0.05) is 44.2 Å². The second-order valence-electron chi connectivity index (χ2n) is 8.18. The number of aromatic nitrogens is 4. The van der Waals surface area contributed by atoms with Crippen LogP contribution in [0.3, 0.4) is 0 Å². The van der Waals surface area contributed by atoms with E-state index in [4.69, 9.17) is 0 Å². The smallest absolute Gasteiger partial charge is 0.168 e. The summed E-state index contributed by atoms with van der Waals surface area (Å²) < 4.78 is 15.2. The molecule has 1 fully saturated rings. The minimum Gasteiger partial charge on any atom is -0.369 e. The molecule has 30 heavy (non-hydrogen) atoms. The fourth-order valence-corrected chi connectivity index (χ4v) is 4.26. The van der Waals surface area contributed by atoms with E-state index in [1.807, 2.05) is 22.9 Å². The van der Waals surface area contributed by atoms with Crippen molar-refractivity contribution in [3.63, 3.8) is 0 Å². The molecule has 0 spiro atoms. The molecule has 2 heterocycles. The lowest BCUT2D eigenvalue weighted by atomic mass is 10.0. The molecular weight excluding hydrogens is 379 g/mol. The minimum absolute atomic E-state index is 0.172. The van der Waals surface area contributed by atoms with Crippen LogP contribution in [-0.4, -0.2) is 51.3 Å². The number of hydrogen-bond donors (Lipinski definition) is 0. The molecule has 1 aliphatic heterocycles. The van der Waals surface area contributed by atoms with Gasteiger partial charge in [0.15, 0.2) is 5.82 Å². The molecule has 1 aliphatic rings. The van der Waals surface area contributed by atoms with Crippen LogP contribution in [0.1, 0.15) is 31.3 Å². The lowest BCUT2D eigenvalue weighted by Gasteiger charge is -2.41. The molecule has 0 N–H and O–H groups in total. The molecule has 1 atom stereocenters. The number of tetrazole rings is 1. The number of halogens is 1. The number of rotatable bonds is 7. The Morgan fingerprint density at radius 1 is 0.933 bits per heavy atom. The highest BCUT2D eigenvalue weighted by Gasteiger charge is 2.31. The van der Waals surface area contributed by atoms with E-state index in [0.717, 1.165) is 50.7 Å². The molecule has 2 aromatic carbocycles. The van der Waals surface area contributed by atoms with Gasteiger partial charge in [-0.2, -0.15) is 0 Å². The van der Waals surface area contributed by atoms with Crippen LogP contribution in [0, 0.1) is 11.7 Å². The minimum atomic E-state index is -0.195. The summed E-state index contributed by atoms with van der Waals surface area (Å²) >= 11 is 0. The maximum atomic E-state index is 13.2. The fraction of sp³-hybridized carbons (Fsp3) is 0.435. The van der Waals surface area contributed by atoms with Crippen LogP contribution >= 0.6 is 0 Å². The molecular formula is C23H29FN6. The average molecular weight is 409 g/mol. The molecule has 6 nitrogen and oxygen atoms in total. The predicted molar refractivity (Wildman–Crippen MR) is 116 cm³/mol. The zero-order chi connectivity index (χ0) is 20.9. The van der Waals surface area contributed by atoms with E-state index in [-0.39, 0.29) is 11.9 Å². The van der Waals surface area contributed by atoms with Crippen molar-refractivity contribution >= 4 is 5.69 Å². The average Bonchev–Trinajstić information content (AvgIpc) is 3.22. The summed E-state index contributed by atoms with van der Waals surface area (Å²) in [5.41, 5.74) is 2.36. The normalized spacial score (nSPS) is 16.2. The number of anilines is 1. The van der Waals surface area contributed by atoms with Crippen molar-refractivity contribution in [3.05, 3.63) is 71.8 Å². The molecule has 0 aliphatic carbocycles. The highest BCUT2D eigenvalue weighted by molar-refractivity contribution is 5.46. The topological polar surface area (TPSA) is 50.1 Å². The number of piperazine rings is 1. The fourth-order valence-electron chi connectivity index (χ4n) is 4.26. The van der Waals surface area contributed by atoms with Gasteiger partial charge in [0.25, 0.3) is 0 Å². The van der Waals surface area contributed by atoms with E-state index >= 15 is 0 Å². The molecule has 158 valence electrons. The van der Waals surface area contributed by atoms with E-state index in [9.17, 15) is 4.39 Å². The Balaban J connectivity index is 1.43. The van der Waals surface area contributed by atoms with Crippen molar-refractivity contribution in [2.75, 3.05) is 31.1 Å². The number of hydrogen-bond acceptors (Lipinski definition) is 5. The Labute approximate surface area is 177 Å². The Kier molecular flexibility index (Phi) is 6.38. The largest absolute Gasteiger partial charge is 0.369 e. The molecule has 4 rings (SSSR count). The van der Waals surface area contributed by atoms with Gasteiger partial charge in [-0.15, -0.1) is 5.10 Å². The molecule has 0 amide bonds. The molecule has 0 radical (unpaired) electrons. The zero-order valence-electron chi connectivity index (χ0n) is 17.7. The van der Waals surface area contributed by atoms with Crippen LogP contribution in [0.25, 0.3) is 0 Å². The lowest BCUT2D eigenvalue weighted by molar-refractivity contribution is 0.134. The van der Waals surface area contributed by atoms with Crippen LogP contribution < -0.4 is 4.90 Å². The van der Waals surface area contributed by atoms with Gasteiger partial charge in [0.1, 0.15) is 5.82 Å². The second-order valence-corrected chi connectivity index (χ2v) is 8.18. The summed E-state index contributed by atoms with van der Waals surface area (Å²) in [6.45, 7) is 8.88. The van der Waals surface area contributed by atoms with Gasteiger partial charge >= 0.3 is 0 Å². The molecule has 0 unspecified atom stereocenters. The van der Waals surface area contributed by atoms with Crippen LogP contribution in [-0.2, 0) is 13.0 Å². The van der Waals surface area contributed by atoms with Crippen molar-refractivity contribution in [2.24, 2.45) is 5.92 Å². The van der Waals surface area contributed by atoms with Gasteiger partial charge in [0, 0.05) is 38.4 Å². The Morgan fingerprint density at radius 2 is 1.63 bits per heavy atom. The third-order valence-corrected chi connectivity index (χ3v) is 5.81. The first kappa shape index (κ1) is 20.5. The Hall–Kier alpha value is -2.80. The van der Waals surface area contributed by atoms with Gasteiger partial charge in [-0.25, -0.2) is 9.07 Å². The maximum Gasteiger partial charge on any atom is 0.168 e. The summed E-state index contributed by atoms with van der Waals surface area (Å²) in [6.07, 6.45) is 0.905. The van der Waals surface area contributed by atoms with Gasteiger partial charge < -0.3 is 4.90 Å². The SMILES string of the molecule is CC(C)[C@H](c1nnnn1CCc1ccccc1)N1CCN(c2ccc(F)cc2)CC1. The van der Waals surface area contributed by atoms with Crippen molar-refractivity contribution in [1.29, 1.82) is 0 Å². The van der Waals surface area contributed by atoms with E-state index in [2.05, 4.69) is 63.4 Å². The molecule has 1 aromatic heterocycles. The van der Waals surface area contributed by atoms with E-state index in [1.54, 1.807) is 0 Å². The van der Waals surface area contributed by atoms with Gasteiger partial charge in [0.05, 0.1) is 6.04 Å². The standard InChI is InChI=1S/C23H29FN6/c1-18(2)22(23-25-26-27-30(23)13-12-19-6-4-3-5-7-19)29-16-14-28(15-17-29)21-10-8-20(24)9-11-21/h3-11,18,22H,12-17H2,1-2H3/t22-/m1/s1. The number of aryl methyl sites for hydroxylation is 2. The summed E-state index contributed by atoms with van der Waals surface area (Å²) in [7, 11) is 0. The predicted octanol–water partition coefficient (Wildman–Crippen LogP) is 3.57. The molecule has 1 saturated heterocycles. The Bertz CT molecular complexity index is 916. The monoisotopic (exact) mass is 408 g/mol. The van der Waals surface area contributed by atoms with E-state index in [1.165, 1.54) is 17.7 Å². The summed E-state index contributed by atoms with van der Waals surface area (Å²) in [6, 6.07) is 17.4. The summed E-state index contributed by atoms with van der Waals surface area (Å²) in [5, 5.41) is 12.7. The summed E-state index contributed by atoms with van der Waals surface area (Å²) in [5.74, 6) is 1.14. The number of nitrogens with zero attached hydrogens (tertiary/aromatic N) is 6. The number of benzene rings is 2. The van der Waals surface area contributed by atoms with Crippen molar-refractivity contribution in [2.45, 2.75) is 32.9 Å². The highest BCUT2D eigenvalue weighted by Crippen LogP contribution is 2.29. The Morgan fingerprint density at radius 3 is 2.30 bits per heavy atom. The lowest BCUT2D eigenvalue weighted by Crippen LogP contribution is -2.49.